The van der Waals surface area contributed by atoms with Gasteiger partial charge in [0.1, 0.15) is 5.75 Å². The van der Waals surface area contributed by atoms with Crippen LogP contribution in [0.4, 0.5) is 0 Å². The predicted octanol–water partition coefficient (Wildman–Crippen LogP) is 3.30. The number of ether oxygens (including phenoxy) is 3. The van der Waals surface area contributed by atoms with Crippen LogP contribution in [0.15, 0.2) is 55.1 Å². The van der Waals surface area contributed by atoms with Crippen LogP contribution in [0.1, 0.15) is 30.0 Å². The van der Waals surface area contributed by atoms with Crippen LogP contribution in [-0.2, 0) is 9.59 Å². The Labute approximate surface area is 199 Å². The summed E-state index contributed by atoms with van der Waals surface area (Å²) < 4.78 is 16.2. The monoisotopic (exact) mass is 466 g/mol. The molecule has 0 bridgehead atoms. The van der Waals surface area contributed by atoms with Crippen LogP contribution in [-0.4, -0.2) is 66.9 Å². The summed E-state index contributed by atoms with van der Waals surface area (Å²) in [5.41, 5.74) is 1.68. The van der Waals surface area contributed by atoms with Gasteiger partial charge in [0.2, 0.25) is 12.7 Å². The maximum absolute atomic E-state index is 13.1. The van der Waals surface area contributed by atoms with Gasteiger partial charge in [-0.25, -0.2) is 0 Å². The molecule has 8 heteroatoms. The van der Waals surface area contributed by atoms with E-state index in [1.54, 1.807) is 18.1 Å². The summed E-state index contributed by atoms with van der Waals surface area (Å²) >= 11 is 0. The highest BCUT2D eigenvalue weighted by molar-refractivity contribution is 5.79. The number of methoxy groups -OCH3 is 1. The van der Waals surface area contributed by atoms with Crippen LogP contribution in [0.2, 0.25) is 0 Å². The van der Waals surface area contributed by atoms with Crippen molar-refractivity contribution in [3.05, 3.63) is 66.2 Å². The molecule has 1 amide bonds. The molecule has 2 aromatic carbocycles. The molecule has 1 fully saturated rings. The Morgan fingerprint density at radius 2 is 1.88 bits per heavy atom. The van der Waals surface area contributed by atoms with Gasteiger partial charge in [0.15, 0.2) is 11.5 Å². The summed E-state index contributed by atoms with van der Waals surface area (Å²) in [6, 6.07) is 12.5. The fraction of sp³-hybridized carbons (Fsp3) is 0.385. The molecule has 1 saturated heterocycles. The minimum atomic E-state index is -0.906. The fourth-order valence-corrected chi connectivity index (χ4v) is 4.91. The van der Waals surface area contributed by atoms with Gasteiger partial charge in [-0.05, 0) is 42.3 Å². The van der Waals surface area contributed by atoms with Crippen molar-refractivity contribution in [2.75, 3.05) is 40.1 Å². The first-order valence-electron chi connectivity index (χ1n) is 11.4. The number of carboxylic acid groups (broad SMARTS) is 1. The van der Waals surface area contributed by atoms with Crippen LogP contribution >= 0.6 is 0 Å². The largest absolute Gasteiger partial charge is 0.497 e. The summed E-state index contributed by atoms with van der Waals surface area (Å²) in [6.07, 6.45) is 1.70. The van der Waals surface area contributed by atoms with E-state index >= 15 is 0 Å². The zero-order valence-corrected chi connectivity index (χ0v) is 19.5. The lowest BCUT2D eigenvalue weighted by Crippen LogP contribution is -2.41. The van der Waals surface area contributed by atoms with Crippen molar-refractivity contribution >= 4 is 11.9 Å². The third-order valence-electron chi connectivity index (χ3n) is 6.59. The molecule has 2 aliphatic heterocycles. The predicted molar refractivity (Wildman–Crippen MR) is 126 cm³/mol. The average Bonchev–Trinajstić information content (AvgIpc) is 3.46. The Morgan fingerprint density at radius 1 is 1.18 bits per heavy atom. The lowest BCUT2D eigenvalue weighted by atomic mass is 9.82. The van der Waals surface area contributed by atoms with E-state index in [-0.39, 0.29) is 25.2 Å². The third-order valence-corrected chi connectivity index (χ3v) is 6.59. The minimum absolute atomic E-state index is 0.0589. The molecule has 180 valence electrons. The second-order valence-corrected chi connectivity index (χ2v) is 8.45. The lowest BCUT2D eigenvalue weighted by Gasteiger charge is -2.29. The highest BCUT2D eigenvalue weighted by atomic mass is 16.7. The van der Waals surface area contributed by atoms with E-state index in [0.29, 0.717) is 36.9 Å². The van der Waals surface area contributed by atoms with E-state index in [2.05, 4.69) is 6.58 Å². The number of likely N-dealkylation sites (tertiary alicyclic amines) is 1. The zero-order chi connectivity index (χ0) is 24.2. The number of fused-ring (bicyclic) bond motifs is 1. The van der Waals surface area contributed by atoms with Crippen molar-refractivity contribution in [1.29, 1.82) is 0 Å². The van der Waals surface area contributed by atoms with Crippen LogP contribution in [0.25, 0.3) is 0 Å². The number of likely N-dealkylation sites (N-methyl/N-ethyl adjacent to an activating group) is 1. The van der Waals surface area contributed by atoms with Crippen molar-refractivity contribution in [2.45, 2.75) is 18.9 Å². The molecule has 2 aromatic rings. The summed E-state index contributed by atoms with van der Waals surface area (Å²) in [7, 11) is 1.59. The summed E-state index contributed by atoms with van der Waals surface area (Å²) in [5.74, 6) is -0.104. The molecule has 2 aliphatic rings. The van der Waals surface area contributed by atoms with Crippen molar-refractivity contribution in [3.63, 3.8) is 0 Å². The molecule has 0 spiro atoms. The van der Waals surface area contributed by atoms with Gasteiger partial charge in [0.05, 0.1) is 19.6 Å². The molecule has 34 heavy (non-hydrogen) atoms. The maximum Gasteiger partial charge on any atom is 0.309 e. The standard InChI is InChI=1S/C26H30N2O6/c1-4-12-27(5-2)23(29)15-28-14-20(18-8-11-21-22(13-18)34-16-33-21)24(26(30)31)25(28)17-6-9-19(32-3)10-7-17/h4,6-11,13,20,24-25H,1,5,12,14-16H2,2-3H3,(H,30,31). The maximum atomic E-state index is 13.1. The number of nitrogens with zero attached hydrogens (tertiary/aromatic N) is 2. The van der Waals surface area contributed by atoms with Crippen LogP contribution < -0.4 is 14.2 Å². The quantitative estimate of drug-likeness (QED) is 0.567. The van der Waals surface area contributed by atoms with E-state index in [1.165, 1.54) is 0 Å². The SMILES string of the molecule is C=CCN(CC)C(=O)CN1CC(c2ccc3c(c2)OCO3)C(C(=O)O)C1c1ccc(OC)cc1. The number of amides is 1. The van der Waals surface area contributed by atoms with Gasteiger partial charge < -0.3 is 24.2 Å². The summed E-state index contributed by atoms with van der Waals surface area (Å²) in [5, 5.41) is 10.3. The zero-order valence-electron chi connectivity index (χ0n) is 19.5. The van der Waals surface area contributed by atoms with E-state index in [0.717, 1.165) is 11.1 Å². The molecule has 0 radical (unpaired) electrons. The Balaban J connectivity index is 1.71. The van der Waals surface area contributed by atoms with Gasteiger partial charge in [-0.15, -0.1) is 6.58 Å². The first-order chi connectivity index (χ1) is 16.5. The van der Waals surface area contributed by atoms with Gasteiger partial charge >= 0.3 is 5.97 Å². The van der Waals surface area contributed by atoms with Crippen molar-refractivity contribution in [3.8, 4) is 17.2 Å². The molecular weight excluding hydrogens is 436 g/mol. The van der Waals surface area contributed by atoms with E-state index in [4.69, 9.17) is 14.2 Å². The molecule has 1 N–H and O–H groups in total. The molecule has 8 nitrogen and oxygen atoms in total. The van der Waals surface area contributed by atoms with Crippen molar-refractivity contribution in [2.24, 2.45) is 5.92 Å². The molecule has 3 atom stereocenters. The van der Waals surface area contributed by atoms with Gasteiger partial charge in [0, 0.05) is 31.6 Å². The molecule has 0 aromatic heterocycles. The molecule has 2 heterocycles. The highest BCUT2D eigenvalue weighted by Crippen LogP contribution is 2.47. The summed E-state index contributed by atoms with van der Waals surface area (Å²) in [6.45, 7) is 7.35. The number of rotatable bonds is 9. The second-order valence-electron chi connectivity index (χ2n) is 8.45. The Bertz CT molecular complexity index is 1050. The number of hydrogen-bond acceptors (Lipinski definition) is 6. The number of hydrogen-bond donors (Lipinski definition) is 1. The normalized spacial score (nSPS) is 21.3. The number of carbonyl (C=O) groups is 2. The Hall–Kier alpha value is -3.52. The average molecular weight is 467 g/mol. The molecular formula is C26H30N2O6. The first-order valence-corrected chi connectivity index (χ1v) is 11.4. The third kappa shape index (κ3) is 4.59. The fourth-order valence-electron chi connectivity index (χ4n) is 4.91. The smallest absolute Gasteiger partial charge is 0.309 e. The van der Waals surface area contributed by atoms with Crippen molar-refractivity contribution < 1.29 is 28.9 Å². The van der Waals surface area contributed by atoms with Crippen LogP contribution in [0.5, 0.6) is 17.2 Å². The van der Waals surface area contributed by atoms with E-state index < -0.39 is 17.9 Å². The van der Waals surface area contributed by atoms with E-state index in [9.17, 15) is 14.7 Å². The van der Waals surface area contributed by atoms with Gasteiger partial charge in [-0.1, -0.05) is 24.3 Å². The van der Waals surface area contributed by atoms with Crippen molar-refractivity contribution in [1.82, 2.24) is 9.80 Å². The molecule has 0 aliphatic carbocycles. The topological polar surface area (TPSA) is 88.5 Å². The number of aliphatic carboxylic acids is 1. The summed E-state index contributed by atoms with van der Waals surface area (Å²) in [4.78, 5) is 29.4. The molecule has 0 saturated carbocycles. The number of carboxylic acids is 1. The first kappa shape index (κ1) is 23.6. The molecule has 3 unspecified atom stereocenters. The number of benzene rings is 2. The second kappa shape index (κ2) is 10.2. The minimum Gasteiger partial charge on any atom is -0.497 e. The molecule has 4 rings (SSSR count). The van der Waals surface area contributed by atoms with E-state index in [1.807, 2.05) is 54.3 Å². The highest BCUT2D eigenvalue weighted by Gasteiger charge is 2.48. The van der Waals surface area contributed by atoms with Gasteiger partial charge in [0.25, 0.3) is 0 Å². The van der Waals surface area contributed by atoms with Gasteiger partial charge in [-0.3, -0.25) is 14.5 Å². The van der Waals surface area contributed by atoms with Gasteiger partial charge in [-0.2, -0.15) is 0 Å². The van der Waals surface area contributed by atoms with Crippen LogP contribution in [0, 0.1) is 5.92 Å². The number of carbonyl (C=O) groups excluding carboxylic acids is 1. The Morgan fingerprint density at radius 3 is 2.53 bits per heavy atom. The van der Waals surface area contributed by atoms with Crippen LogP contribution in [0.3, 0.4) is 0 Å². The Kier molecular flexibility index (Phi) is 7.07. The lowest BCUT2D eigenvalue weighted by molar-refractivity contribution is -0.143.